The van der Waals surface area contributed by atoms with Crippen molar-refractivity contribution in [1.29, 1.82) is 0 Å². The quantitative estimate of drug-likeness (QED) is 0.247. The molecule has 4 aromatic rings. The van der Waals surface area contributed by atoms with Gasteiger partial charge in [-0.2, -0.15) is 0 Å². The lowest BCUT2D eigenvalue weighted by Gasteiger charge is -2.13. The summed E-state index contributed by atoms with van der Waals surface area (Å²) < 4.78 is 46.5. The van der Waals surface area contributed by atoms with Gasteiger partial charge in [-0.3, -0.25) is 9.78 Å². The number of thiophene rings is 1. The van der Waals surface area contributed by atoms with Gasteiger partial charge >= 0.3 is 0 Å². The smallest absolute Gasteiger partial charge is 0.261 e. The van der Waals surface area contributed by atoms with Crippen LogP contribution in [0.15, 0.2) is 76.8 Å². The fourth-order valence-electron chi connectivity index (χ4n) is 3.32. The molecule has 0 bridgehead atoms. The van der Waals surface area contributed by atoms with Gasteiger partial charge in [-0.15, -0.1) is 11.3 Å². The Hall–Kier alpha value is -3.30. The molecule has 0 saturated heterocycles. The molecular formula is C25H23FN2O4S2. The lowest BCUT2D eigenvalue weighted by atomic mass is 10.2. The molecule has 1 N–H and O–H groups in total. The molecule has 2 heterocycles. The maximum Gasteiger partial charge on any atom is 0.261 e. The number of halogens is 1. The Balaban J connectivity index is 1.47. The molecule has 2 aromatic carbocycles. The molecule has 0 saturated carbocycles. The first kappa shape index (κ1) is 23.8. The van der Waals surface area contributed by atoms with Crippen LogP contribution >= 0.6 is 11.3 Å². The summed E-state index contributed by atoms with van der Waals surface area (Å²) in [5.41, 5.74) is 0.744. The number of nitrogens with one attached hydrogen (secondary N) is 1. The molecule has 6 nitrogen and oxygen atoms in total. The topological polar surface area (TPSA) is 85.4 Å². The lowest BCUT2D eigenvalue weighted by molar-refractivity contribution is 0.0955. The summed E-state index contributed by atoms with van der Waals surface area (Å²) in [5.74, 6) is -0.771. The molecule has 4 rings (SSSR count). The largest absolute Gasteiger partial charge is 0.492 e. The number of unbranched alkanes of at least 4 members (excludes halogenated alkanes) is 1. The highest BCUT2D eigenvalue weighted by Crippen LogP contribution is 2.31. The summed E-state index contributed by atoms with van der Waals surface area (Å²) in [7, 11) is -3.91. The van der Waals surface area contributed by atoms with E-state index in [1.165, 1.54) is 29.5 Å². The lowest BCUT2D eigenvalue weighted by Crippen LogP contribution is -2.21. The van der Waals surface area contributed by atoms with Gasteiger partial charge in [0.25, 0.3) is 5.91 Å². The van der Waals surface area contributed by atoms with Crippen LogP contribution in [0.1, 0.15) is 35.0 Å². The number of aromatic nitrogens is 1. The second-order valence-corrected chi connectivity index (χ2v) is 10.6. The van der Waals surface area contributed by atoms with E-state index in [0.717, 1.165) is 40.6 Å². The van der Waals surface area contributed by atoms with Crippen LogP contribution in [0.5, 0.6) is 5.75 Å². The van der Waals surface area contributed by atoms with E-state index in [0.29, 0.717) is 11.5 Å². The monoisotopic (exact) mass is 498 g/mol. The second-order valence-electron chi connectivity index (χ2n) is 7.65. The van der Waals surface area contributed by atoms with Crippen molar-refractivity contribution in [3.05, 3.63) is 83.2 Å². The van der Waals surface area contributed by atoms with Gasteiger partial charge in [-0.25, -0.2) is 12.8 Å². The average Bonchev–Trinajstić information content (AvgIpc) is 3.27. The first-order valence-corrected chi connectivity index (χ1v) is 13.1. The Morgan fingerprint density at radius 1 is 1.12 bits per heavy atom. The Bertz CT molecular complexity index is 1380. The summed E-state index contributed by atoms with van der Waals surface area (Å²) >= 11 is 1.36. The SMILES string of the molecule is CCCCOc1cc(F)ccc1S(=O)(=O)c1ccc(CNC(=O)c2cc3ccncc3s2)cc1. The van der Waals surface area contributed by atoms with Gasteiger partial charge in [0.15, 0.2) is 0 Å². The van der Waals surface area contributed by atoms with Crippen molar-refractivity contribution in [3.63, 3.8) is 0 Å². The highest BCUT2D eigenvalue weighted by Gasteiger charge is 2.23. The normalized spacial score (nSPS) is 11.5. The third kappa shape index (κ3) is 5.26. The maximum absolute atomic E-state index is 13.7. The average molecular weight is 499 g/mol. The Morgan fingerprint density at radius 2 is 1.91 bits per heavy atom. The van der Waals surface area contributed by atoms with Gasteiger partial charge in [0.05, 0.1) is 21.1 Å². The summed E-state index contributed by atoms with van der Waals surface area (Å²) in [6, 6.07) is 13.3. The minimum Gasteiger partial charge on any atom is -0.492 e. The third-order valence-corrected chi connectivity index (χ3v) is 8.08. The molecular weight excluding hydrogens is 475 g/mol. The van der Waals surface area contributed by atoms with Gasteiger partial charge in [0.1, 0.15) is 16.5 Å². The van der Waals surface area contributed by atoms with E-state index < -0.39 is 15.7 Å². The number of fused-ring (bicyclic) bond motifs is 1. The summed E-state index contributed by atoms with van der Waals surface area (Å²) in [6.45, 7) is 2.53. The number of carbonyl (C=O) groups excluding carboxylic acids is 1. The van der Waals surface area contributed by atoms with Gasteiger partial charge in [0, 0.05) is 25.0 Å². The maximum atomic E-state index is 13.7. The Labute approximate surface area is 201 Å². The van der Waals surface area contributed by atoms with Crippen LogP contribution in [0.4, 0.5) is 4.39 Å². The zero-order valence-electron chi connectivity index (χ0n) is 18.5. The minimum atomic E-state index is -3.91. The van der Waals surface area contributed by atoms with Crippen LogP contribution in [0.2, 0.25) is 0 Å². The van der Waals surface area contributed by atoms with Gasteiger partial charge in [-0.1, -0.05) is 25.5 Å². The van der Waals surface area contributed by atoms with E-state index in [-0.39, 0.29) is 28.0 Å². The van der Waals surface area contributed by atoms with E-state index in [4.69, 9.17) is 4.74 Å². The molecule has 1 amide bonds. The van der Waals surface area contributed by atoms with Gasteiger partial charge in [-0.05, 0) is 53.8 Å². The number of hydrogen-bond donors (Lipinski definition) is 1. The number of amides is 1. The summed E-state index contributed by atoms with van der Waals surface area (Å²) in [6.07, 6.45) is 5.00. The summed E-state index contributed by atoms with van der Waals surface area (Å²) in [5, 5.41) is 3.81. The van der Waals surface area contributed by atoms with Gasteiger partial charge < -0.3 is 10.1 Å². The van der Waals surface area contributed by atoms with E-state index in [1.54, 1.807) is 24.5 Å². The number of ether oxygens (including phenoxy) is 1. The fourth-order valence-corrected chi connectivity index (χ4v) is 5.65. The second kappa shape index (κ2) is 10.3. The molecule has 2 aromatic heterocycles. The standard InChI is InChI=1S/C25H23FN2O4S2/c1-2-3-12-32-21-14-19(26)6-9-24(21)34(30,31)20-7-4-17(5-8-20)15-28-25(29)22-13-18-10-11-27-16-23(18)33-22/h4-11,13-14,16H,2-3,12,15H2,1H3,(H,28,29). The molecule has 0 aliphatic carbocycles. The van der Waals surface area contributed by atoms with E-state index in [9.17, 15) is 17.6 Å². The van der Waals surface area contributed by atoms with Crippen LogP contribution < -0.4 is 10.1 Å². The van der Waals surface area contributed by atoms with Crippen molar-refractivity contribution >= 4 is 37.2 Å². The zero-order chi connectivity index (χ0) is 24.1. The van der Waals surface area contributed by atoms with Crippen molar-refractivity contribution in [2.24, 2.45) is 0 Å². The molecule has 34 heavy (non-hydrogen) atoms. The van der Waals surface area contributed by atoms with Crippen LogP contribution in [-0.2, 0) is 16.4 Å². The Kier molecular flexibility index (Phi) is 7.23. The number of pyridine rings is 1. The van der Waals surface area contributed by atoms with Crippen LogP contribution in [0.3, 0.4) is 0 Å². The van der Waals surface area contributed by atoms with Crippen molar-refractivity contribution < 1.29 is 22.3 Å². The Morgan fingerprint density at radius 3 is 2.65 bits per heavy atom. The van der Waals surface area contributed by atoms with E-state index in [1.807, 2.05) is 19.1 Å². The minimum absolute atomic E-state index is 0.00308. The van der Waals surface area contributed by atoms with E-state index >= 15 is 0 Å². The van der Waals surface area contributed by atoms with Crippen molar-refractivity contribution in [2.75, 3.05) is 6.61 Å². The number of hydrogen-bond acceptors (Lipinski definition) is 6. The highest BCUT2D eigenvalue weighted by molar-refractivity contribution is 7.91. The molecule has 0 aliphatic heterocycles. The molecule has 0 fully saturated rings. The van der Waals surface area contributed by atoms with Gasteiger partial charge in [0.2, 0.25) is 9.84 Å². The molecule has 0 spiro atoms. The zero-order valence-corrected chi connectivity index (χ0v) is 20.1. The molecule has 0 radical (unpaired) electrons. The number of carbonyl (C=O) groups is 1. The number of rotatable bonds is 9. The van der Waals surface area contributed by atoms with Crippen LogP contribution in [0, 0.1) is 5.82 Å². The predicted molar refractivity (Wildman–Crippen MR) is 129 cm³/mol. The third-order valence-electron chi connectivity index (χ3n) is 5.18. The predicted octanol–water partition coefficient (Wildman–Crippen LogP) is 5.38. The van der Waals surface area contributed by atoms with Crippen molar-refractivity contribution in [1.82, 2.24) is 10.3 Å². The van der Waals surface area contributed by atoms with E-state index in [2.05, 4.69) is 10.3 Å². The van der Waals surface area contributed by atoms with Crippen molar-refractivity contribution in [2.45, 2.75) is 36.1 Å². The summed E-state index contributed by atoms with van der Waals surface area (Å²) in [4.78, 5) is 17.1. The number of benzene rings is 2. The van der Waals surface area contributed by atoms with Crippen LogP contribution in [0.25, 0.3) is 10.1 Å². The number of sulfone groups is 1. The molecule has 0 aliphatic rings. The number of nitrogens with zero attached hydrogens (tertiary/aromatic N) is 1. The van der Waals surface area contributed by atoms with Crippen molar-refractivity contribution in [3.8, 4) is 5.75 Å². The highest BCUT2D eigenvalue weighted by atomic mass is 32.2. The fraction of sp³-hybridized carbons (Fsp3) is 0.200. The molecule has 0 unspecified atom stereocenters. The van der Waals surface area contributed by atoms with Crippen LogP contribution in [-0.4, -0.2) is 25.9 Å². The first-order valence-electron chi connectivity index (χ1n) is 10.8. The molecule has 0 atom stereocenters. The molecule has 176 valence electrons. The molecule has 9 heteroatoms. The first-order chi connectivity index (χ1) is 16.4.